The molecule has 4 rings (SSSR count). The summed E-state index contributed by atoms with van der Waals surface area (Å²) < 4.78 is 0. The number of aromatic amines is 1. The minimum Gasteiger partial charge on any atom is -0.494 e. The summed E-state index contributed by atoms with van der Waals surface area (Å²) in [5.74, 6) is -0.198. The molecule has 3 aromatic rings. The van der Waals surface area contributed by atoms with Crippen LogP contribution in [0.2, 0.25) is 0 Å². The smallest absolute Gasteiger partial charge is 0.258 e. The van der Waals surface area contributed by atoms with Crippen molar-refractivity contribution < 1.29 is 10.2 Å². The molecule has 0 radical (unpaired) electrons. The van der Waals surface area contributed by atoms with Crippen LogP contribution < -0.4 is 10.5 Å². The third kappa shape index (κ3) is 5.55. The van der Waals surface area contributed by atoms with Gasteiger partial charge in [-0.15, -0.1) is 0 Å². The third-order valence-electron chi connectivity index (χ3n) is 6.23. The molecule has 1 aliphatic heterocycles. The molecule has 0 unspecified atom stereocenters. The van der Waals surface area contributed by atoms with Crippen molar-refractivity contribution in [3.8, 4) is 5.88 Å². The van der Waals surface area contributed by atoms with Crippen molar-refractivity contribution >= 4 is 34.4 Å². The van der Waals surface area contributed by atoms with Gasteiger partial charge < -0.3 is 20.0 Å². The fraction of sp³-hybridized carbons (Fsp3) is 0.333. The molecular weight excluding hydrogens is 428 g/mol. The molecular formula is C27H32N4O3. The van der Waals surface area contributed by atoms with Crippen molar-refractivity contribution in [2.45, 2.75) is 19.3 Å². The van der Waals surface area contributed by atoms with E-state index >= 15 is 0 Å². The Labute approximate surface area is 199 Å². The Hall–Kier alpha value is -3.42. The van der Waals surface area contributed by atoms with E-state index in [0.29, 0.717) is 16.3 Å². The first-order valence-corrected chi connectivity index (χ1v) is 11.8. The van der Waals surface area contributed by atoms with E-state index in [0.717, 1.165) is 56.7 Å². The number of allylic oxidation sites excluding steroid dienone is 1. The van der Waals surface area contributed by atoms with Crippen LogP contribution in [0.1, 0.15) is 30.4 Å². The molecule has 34 heavy (non-hydrogen) atoms. The van der Waals surface area contributed by atoms with Crippen molar-refractivity contribution in [3.63, 3.8) is 0 Å². The first-order valence-electron chi connectivity index (χ1n) is 11.8. The molecule has 0 atom stereocenters. The first-order chi connectivity index (χ1) is 16.6. The van der Waals surface area contributed by atoms with Crippen LogP contribution in [0.3, 0.4) is 0 Å². The number of nitrogens with one attached hydrogen (secondary N) is 1. The number of H-pyrrole nitrogens is 1. The second kappa shape index (κ2) is 11.1. The topological polar surface area (TPSA) is 92.2 Å². The van der Waals surface area contributed by atoms with E-state index < -0.39 is 0 Å². The maximum Gasteiger partial charge on any atom is 0.258 e. The second-order valence-corrected chi connectivity index (χ2v) is 8.67. The molecule has 1 saturated heterocycles. The van der Waals surface area contributed by atoms with Gasteiger partial charge in [-0.1, -0.05) is 24.3 Å². The average molecular weight is 461 g/mol. The van der Waals surface area contributed by atoms with Gasteiger partial charge in [-0.3, -0.25) is 14.8 Å². The van der Waals surface area contributed by atoms with E-state index in [1.807, 2.05) is 36.4 Å². The maximum atomic E-state index is 12.5. The number of anilines is 1. The van der Waals surface area contributed by atoms with Gasteiger partial charge in [0.05, 0.1) is 11.3 Å². The van der Waals surface area contributed by atoms with Crippen LogP contribution in [-0.2, 0) is 0 Å². The first kappa shape index (κ1) is 23.7. The molecule has 0 aliphatic carbocycles. The van der Waals surface area contributed by atoms with Gasteiger partial charge in [-0.05, 0) is 62.2 Å². The monoisotopic (exact) mass is 460 g/mol. The number of hydrogen-bond donors (Lipinski definition) is 3. The van der Waals surface area contributed by atoms with Gasteiger partial charge in [-0.25, -0.2) is 0 Å². The Bertz CT molecular complexity index is 1220. The molecule has 2 heterocycles. The molecule has 0 saturated carbocycles. The number of fused-ring (bicyclic) bond motifs is 1. The van der Waals surface area contributed by atoms with Crippen LogP contribution in [-0.4, -0.2) is 66.1 Å². The van der Waals surface area contributed by atoms with Gasteiger partial charge in [0.25, 0.3) is 5.56 Å². The number of benzene rings is 2. The van der Waals surface area contributed by atoms with E-state index in [9.17, 15) is 9.90 Å². The summed E-state index contributed by atoms with van der Waals surface area (Å²) in [4.78, 5) is 24.3. The predicted octanol–water partition coefficient (Wildman–Crippen LogP) is 3.91. The number of unbranched alkanes of at least 4 members (excludes halogenated alkanes) is 2. The minimum atomic E-state index is -0.336. The van der Waals surface area contributed by atoms with Crippen molar-refractivity contribution in [3.05, 3.63) is 70.0 Å². The summed E-state index contributed by atoms with van der Waals surface area (Å²) in [5.41, 5.74) is 2.94. The normalized spacial score (nSPS) is 15.2. The van der Waals surface area contributed by atoms with Gasteiger partial charge in [-0.2, -0.15) is 0 Å². The number of pyridine rings is 1. The second-order valence-electron chi connectivity index (χ2n) is 8.67. The zero-order valence-corrected chi connectivity index (χ0v) is 19.6. The SMILES string of the molecule is CN1CCN(c2ccc(N=Cc3c(O)[nH]c(=O)c4cccc(C=CCCCCO)c34)cc2)CC1. The molecule has 1 aromatic heterocycles. The van der Waals surface area contributed by atoms with Crippen LogP contribution in [0, 0.1) is 0 Å². The number of hydrogen-bond acceptors (Lipinski definition) is 6. The van der Waals surface area contributed by atoms with Gasteiger partial charge >= 0.3 is 0 Å². The van der Waals surface area contributed by atoms with Gasteiger partial charge in [0, 0.05) is 55.5 Å². The zero-order chi connectivity index (χ0) is 23.9. The molecule has 1 aliphatic rings. The molecule has 0 spiro atoms. The number of likely N-dealkylation sites (N-methyl/N-ethyl adjacent to an activating group) is 1. The molecule has 178 valence electrons. The highest BCUT2D eigenvalue weighted by atomic mass is 16.3. The van der Waals surface area contributed by atoms with Crippen molar-refractivity contribution in [1.82, 2.24) is 9.88 Å². The summed E-state index contributed by atoms with van der Waals surface area (Å²) in [5, 5.41) is 20.7. The standard InChI is InChI=1S/C27H32N4O3/c1-30-14-16-31(17-15-30)22-12-10-21(11-13-22)28-19-24-25-20(7-4-2-3-5-18-32)8-6-9-23(25)26(33)29-27(24)34/h4,6-13,19,32H,2-3,5,14-18H2,1H3,(H2,29,33,34). The van der Waals surface area contributed by atoms with E-state index in [-0.39, 0.29) is 18.0 Å². The highest BCUT2D eigenvalue weighted by molar-refractivity contribution is 6.05. The maximum absolute atomic E-state index is 12.5. The quantitative estimate of drug-likeness (QED) is 0.350. The van der Waals surface area contributed by atoms with Gasteiger partial charge in [0.2, 0.25) is 5.88 Å². The Morgan fingerprint density at radius 2 is 1.82 bits per heavy atom. The highest BCUT2D eigenvalue weighted by Crippen LogP contribution is 2.27. The van der Waals surface area contributed by atoms with E-state index in [4.69, 9.17) is 5.11 Å². The van der Waals surface area contributed by atoms with Crippen LogP contribution in [0.4, 0.5) is 11.4 Å². The fourth-order valence-corrected chi connectivity index (χ4v) is 4.22. The third-order valence-corrected chi connectivity index (χ3v) is 6.23. The molecule has 7 heteroatoms. The number of rotatable bonds is 8. The summed E-state index contributed by atoms with van der Waals surface area (Å²) >= 11 is 0. The summed E-state index contributed by atoms with van der Waals surface area (Å²) in [7, 11) is 2.14. The van der Waals surface area contributed by atoms with Crippen LogP contribution >= 0.6 is 0 Å². The predicted molar refractivity (Wildman–Crippen MR) is 140 cm³/mol. The number of aliphatic hydroxyl groups is 1. The van der Waals surface area contributed by atoms with E-state index in [1.54, 1.807) is 12.3 Å². The average Bonchev–Trinajstić information content (AvgIpc) is 2.85. The van der Waals surface area contributed by atoms with Gasteiger partial charge in [0.15, 0.2) is 0 Å². The lowest BCUT2D eigenvalue weighted by atomic mass is 10.0. The molecule has 0 amide bonds. The Morgan fingerprint density at radius 1 is 1.06 bits per heavy atom. The van der Waals surface area contributed by atoms with Crippen molar-refractivity contribution in [2.24, 2.45) is 4.99 Å². The number of nitrogens with zero attached hydrogens (tertiary/aromatic N) is 3. The summed E-state index contributed by atoms with van der Waals surface area (Å²) in [6, 6.07) is 13.6. The highest BCUT2D eigenvalue weighted by Gasteiger charge is 2.14. The lowest BCUT2D eigenvalue weighted by Crippen LogP contribution is -2.44. The number of aromatic hydroxyl groups is 1. The zero-order valence-electron chi connectivity index (χ0n) is 19.6. The van der Waals surface area contributed by atoms with Gasteiger partial charge in [0.1, 0.15) is 0 Å². The van der Waals surface area contributed by atoms with Crippen molar-refractivity contribution in [2.75, 3.05) is 44.7 Å². The number of aromatic nitrogens is 1. The lowest BCUT2D eigenvalue weighted by Gasteiger charge is -2.34. The molecule has 1 fully saturated rings. The number of aliphatic hydroxyl groups excluding tert-OH is 1. The van der Waals surface area contributed by atoms with Crippen LogP contribution in [0.15, 0.2) is 58.3 Å². The molecule has 3 N–H and O–H groups in total. The molecule has 2 aromatic carbocycles. The number of piperazine rings is 1. The summed E-state index contributed by atoms with van der Waals surface area (Å²) in [6.07, 6.45) is 8.08. The van der Waals surface area contributed by atoms with Crippen LogP contribution in [0.25, 0.3) is 16.8 Å². The van der Waals surface area contributed by atoms with Crippen molar-refractivity contribution in [1.29, 1.82) is 0 Å². The summed E-state index contributed by atoms with van der Waals surface area (Å²) in [6.45, 7) is 4.30. The Morgan fingerprint density at radius 3 is 2.56 bits per heavy atom. The van der Waals surface area contributed by atoms with Crippen LogP contribution in [0.5, 0.6) is 5.88 Å². The lowest BCUT2D eigenvalue weighted by molar-refractivity contribution is 0.285. The van der Waals surface area contributed by atoms with E-state index in [2.05, 4.69) is 39.0 Å². The fourth-order valence-electron chi connectivity index (χ4n) is 4.22. The largest absolute Gasteiger partial charge is 0.494 e. The Balaban J connectivity index is 1.61. The Kier molecular flexibility index (Phi) is 7.77. The molecule has 0 bridgehead atoms. The number of aliphatic imine (C=N–C) groups is 1. The molecule has 7 nitrogen and oxygen atoms in total. The van der Waals surface area contributed by atoms with E-state index in [1.165, 1.54) is 5.69 Å². The minimum absolute atomic E-state index is 0.183.